The van der Waals surface area contributed by atoms with Gasteiger partial charge in [0.05, 0.1) is 24.5 Å². The number of nitrogens with two attached hydrogens (primary N) is 1. The van der Waals surface area contributed by atoms with E-state index >= 15 is 0 Å². The number of allylic oxidation sites excluding steroid dienone is 1. The molecule has 2 aliphatic rings. The van der Waals surface area contributed by atoms with Crippen LogP contribution >= 0.6 is 0 Å². The van der Waals surface area contributed by atoms with Gasteiger partial charge in [0.15, 0.2) is 0 Å². The number of hydrogen-bond acceptors (Lipinski definition) is 8. The fraction of sp³-hybridized carbons (Fsp3) is 0.650. The highest BCUT2D eigenvalue weighted by atomic mass is 16.5. The number of nitrogens with one attached hydrogen (secondary N) is 2. The normalized spacial score (nSPS) is 26.6. The van der Waals surface area contributed by atoms with E-state index in [0.717, 1.165) is 49.4 Å². The van der Waals surface area contributed by atoms with Crippen molar-refractivity contribution in [1.29, 1.82) is 0 Å². The highest BCUT2D eigenvalue weighted by Gasteiger charge is 2.21. The lowest BCUT2D eigenvalue weighted by Gasteiger charge is -2.25. The number of aliphatic imine (C=N–C) groups is 1. The Balaban J connectivity index is 1.91. The van der Waals surface area contributed by atoms with E-state index in [1.54, 1.807) is 0 Å². The molecule has 0 spiro atoms. The number of ether oxygens (including phenoxy) is 2. The molecule has 3 heterocycles. The zero-order chi connectivity index (χ0) is 20.1. The van der Waals surface area contributed by atoms with E-state index in [2.05, 4.69) is 41.4 Å². The first kappa shape index (κ1) is 20.4. The number of rotatable bonds is 3. The average Bonchev–Trinajstić information content (AvgIpc) is 2.67. The quantitative estimate of drug-likeness (QED) is 0.684. The maximum Gasteiger partial charge on any atom is 0.229 e. The van der Waals surface area contributed by atoms with Gasteiger partial charge in [0.25, 0.3) is 0 Å². The second kappa shape index (κ2) is 9.23. The smallest absolute Gasteiger partial charge is 0.229 e. The van der Waals surface area contributed by atoms with Gasteiger partial charge in [-0.3, -0.25) is 4.99 Å². The summed E-state index contributed by atoms with van der Waals surface area (Å²) in [6, 6.07) is 0.422. The van der Waals surface area contributed by atoms with Crippen molar-refractivity contribution in [2.75, 3.05) is 23.8 Å². The third-order valence-electron chi connectivity index (χ3n) is 5.12. The minimum atomic E-state index is 0.209. The Bertz CT molecular complexity index is 748. The summed E-state index contributed by atoms with van der Waals surface area (Å²) in [7, 11) is 0. The SMILES string of the molecule is CCc1cnc2nc1NC(C)CCOC(N)=C(C(C)=NC1CCOC(C)C1)N2. The van der Waals surface area contributed by atoms with Gasteiger partial charge in [0.1, 0.15) is 11.5 Å². The van der Waals surface area contributed by atoms with Gasteiger partial charge in [-0.25, -0.2) is 4.98 Å². The Kier molecular flexibility index (Phi) is 6.72. The molecule has 0 amide bonds. The monoisotopic (exact) mass is 388 g/mol. The maximum absolute atomic E-state index is 6.27. The second-order valence-electron chi connectivity index (χ2n) is 7.54. The van der Waals surface area contributed by atoms with Crippen molar-refractivity contribution in [2.45, 2.75) is 71.6 Å². The van der Waals surface area contributed by atoms with Crippen LogP contribution in [0.5, 0.6) is 0 Å². The van der Waals surface area contributed by atoms with Crippen LogP contribution in [0, 0.1) is 0 Å². The van der Waals surface area contributed by atoms with Gasteiger partial charge in [-0.15, -0.1) is 0 Å². The summed E-state index contributed by atoms with van der Waals surface area (Å²) in [5, 5.41) is 6.69. The van der Waals surface area contributed by atoms with Gasteiger partial charge in [0, 0.05) is 30.8 Å². The molecule has 4 N–H and O–H groups in total. The van der Waals surface area contributed by atoms with E-state index in [-0.39, 0.29) is 18.2 Å². The lowest BCUT2D eigenvalue weighted by molar-refractivity contribution is 0.0204. The Hall–Kier alpha value is -2.35. The molecule has 0 saturated carbocycles. The fourth-order valence-electron chi connectivity index (χ4n) is 3.45. The standard InChI is InChI=1S/C20H32N6O2/c1-5-15-11-22-20-25-17(14(4)24-16-7-9-27-13(3)10-16)18(21)28-8-6-12(2)23-19(15)26-20/h11-13,16H,5-10,21H2,1-4H3,(H2,22,23,25,26). The number of fused-ring (bicyclic) bond motifs is 2. The Morgan fingerprint density at radius 1 is 1.32 bits per heavy atom. The average molecular weight is 389 g/mol. The third-order valence-corrected chi connectivity index (χ3v) is 5.12. The minimum Gasteiger partial charge on any atom is -0.478 e. The van der Waals surface area contributed by atoms with E-state index in [1.807, 2.05) is 13.1 Å². The van der Waals surface area contributed by atoms with Gasteiger partial charge in [-0.2, -0.15) is 4.98 Å². The molecule has 2 aliphatic heterocycles. The molecule has 1 fully saturated rings. The molecule has 3 unspecified atom stereocenters. The molecule has 3 rings (SSSR count). The van der Waals surface area contributed by atoms with Gasteiger partial charge < -0.3 is 25.8 Å². The van der Waals surface area contributed by atoms with Crippen molar-refractivity contribution in [3.63, 3.8) is 0 Å². The first-order valence-electron chi connectivity index (χ1n) is 10.1. The molecule has 3 atom stereocenters. The molecule has 8 nitrogen and oxygen atoms in total. The molecule has 0 radical (unpaired) electrons. The van der Waals surface area contributed by atoms with Gasteiger partial charge >= 0.3 is 0 Å². The third kappa shape index (κ3) is 5.13. The molecule has 0 aliphatic carbocycles. The predicted molar refractivity (Wildman–Crippen MR) is 111 cm³/mol. The molecular formula is C20H32N6O2. The number of anilines is 2. The lowest BCUT2D eigenvalue weighted by atomic mass is 10.0. The van der Waals surface area contributed by atoms with Crippen LogP contribution in [0.1, 0.15) is 52.5 Å². The van der Waals surface area contributed by atoms with Crippen LogP contribution in [0.3, 0.4) is 0 Å². The van der Waals surface area contributed by atoms with E-state index in [9.17, 15) is 0 Å². The van der Waals surface area contributed by atoms with Crippen molar-refractivity contribution in [2.24, 2.45) is 10.7 Å². The Labute approximate surface area is 167 Å². The highest BCUT2D eigenvalue weighted by Crippen LogP contribution is 2.21. The summed E-state index contributed by atoms with van der Waals surface area (Å²) >= 11 is 0. The topological polar surface area (TPSA) is 107 Å². The van der Waals surface area contributed by atoms with Gasteiger partial charge in [-0.1, -0.05) is 6.92 Å². The molecular weight excluding hydrogens is 356 g/mol. The summed E-state index contributed by atoms with van der Waals surface area (Å²) in [4.78, 5) is 14.0. The molecule has 1 aromatic heterocycles. The summed E-state index contributed by atoms with van der Waals surface area (Å²) in [6.45, 7) is 9.47. The molecule has 0 aromatic carbocycles. The molecule has 28 heavy (non-hydrogen) atoms. The molecule has 8 heteroatoms. The van der Waals surface area contributed by atoms with E-state index < -0.39 is 0 Å². The van der Waals surface area contributed by atoms with Crippen molar-refractivity contribution < 1.29 is 9.47 Å². The second-order valence-corrected chi connectivity index (χ2v) is 7.54. The van der Waals surface area contributed by atoms with Crippen LogP contribution in [-0.4, -0.2) is 47.1 Å². The van der Waals surface area contributed by atoms with E-state index in [0.29, 0.717) is 24.1 Å². The maximum atomic E-state index is 6.27. The molecule has 2 bridgehead atoms. The minimum absolute atomic E-state index is 0.209. The van der Waals surface area contributed by atoms with E-state index in [4.69, 9.17) is 20.2 Å². The molecule has 1 aromatic rings. The van der Waals surface area contributed by atoms with Crippen molar-refractivity contribution in [3.8, 4) is 0 Å². The largest absolute Gasteiger partial charge is 0.478 e. The summed E-state index contributed by atoms with van der Waals surface area (Å²) in [5.41, 5.74) is 8.77. The van der Waals surface area contributed by atoms with Crippen molar-refractivity contribution >= 4 is 17.5 Å². The van der Waals surface area contributed by atoms with E-state index in [1.165, 1.54) is 0 Å². The van der Waals surface area contributed by atoms with Gasteiger partial charge in [-0.05, 0) is 40.0 Å². The number of hydrogen-bond donors (Lipinski definition) is 3. The van der Waals surface area contributed by atoms with Crippen LogP contribution in [0.4, 0.5) is 11.8 Å². The first-order valence-corrected chi connectivity index (χ1v) is 10.1. The number of aryl methyl sites for hydroxylation is 1. The zero-order valence-corrected chi connectivity index (χ0v) is 17.3. The Morgan fingerprint density at radius 2 is 2.14 bits per heavy atom. The van der Waals surface area contributed by atoms with Crippen molar-refractivity contribution in [1.82, 2.24) is 9.97 Å². The van der Waals surface area contributed by atoms with Gasteiger partial charge in [0.2, 0.25) is 11.8 Å². The summed E-state index contributed by atoms with van der Waals surface area (Å²) in [6.07, 6.45) is 5.55. The van der Waals surface area contributed by atoms with Crippen LogP contribution in [-0.2, 0) is 15.9 Å². The van der Waals surface area contributed by atoms with Crippen LogP contribution in [0.15, 0.2) is 22.8 Å². The lowest BCUT2D eigenvalue weighted by Crippen LogP contribution is -2.27. The molecule has 1 saturated heterocycles. The van der Waals surface area contributed by atoms with Crippen LogP contribution in [0.2, 0.25) is 0 Å². The first-order chi connectivity index (χ1) is 13.5. The molecule has 154 valence electrons. The zero-order valence-electron chi connectivity index (χ0n) is 17.3. The summed E-state index contributed by atoms with van der Waals surface area (Å²) < 4.78 is 11.4. The highest BCUT2D eigenvalue weighted by molar-refractivity contribution is 6.00. The fourth-order valence-corrected chi connectivity index (χ4v) is 3.45. The predicted octanol–water partition coefficient (Wildman–Crippen LogP) is 2.83. The van der Waals surface area contributed by atoms with Crippen LogP contribution < -0.4 is 16.4 Å². The summed E-state index contributed by atoms with van der Waals surface area (Å²) in [5.74, 6) is 1.64. The number of nitrogens with zero attached hydrogens (tertiary/aromatic N) is 3. The van der Waals surface area contributed by atoms with Crippen molar-refractivity contribution in [3.05, 3.63) is 23.3 Å². The Morgan fingerprint density at radius 3 is 2.89 bits per heavy atom. The number of aromatic nitrogens is 2. The van der Waals surface area contributed by atoms with Crippen LogP contribution in [0.25, 0.3) is 0 Å².